The standard InChI is InChI=1S/C12H20N4/c1-4-12(6-5-7-12)16-10-9(2)8-14-11(13-3)15-10/h8H,4-7H2,1-3H3,(H2,13,14,15,16). The van der Waals surface area contributed by atoms with Gasteiger partial charge in [-0.1, -0.05) is 6.92 Å². The lowest BCUT2D eigenvalue weighted by Gasteiger charge is -2.42. The van der Waals surface area contributed by atoms with Crippen LogP contribution in [0.1, 0.15) is 38.2 Å². The van der Waals surface area contributed by atoms with E-state index in [-0.39, 0.29) is 5.54 Å². The summed E-state index contributed by atoms with van der Waals surface area (Å²) in [5.41, 5.74) is 1.39. The highest BCUT2D eigenvalue weighted by Crippen LogP contribution is 2.38. The van der Waals surface area contributed by atoms with E-state index in [9.17, 15) is 0 Å². The van der Waals surface area contributed by atoms with Crippen LogP contribution in [0.4, 0.5) is 11.8 Å². The van der Waals surface area contributed by atoms with Crippen LogP contribution in [-0.4, -0.2) is 22.6 Å². The summed E-state index contributed by atoms with van der Waals surface area (Å²) in [4.78, 5) is 8.67. The Hall–Kier alpha value is -1.32. The summed E-state index contributed by atoms with van der Waals surface area (Å²) in [6, 6.07) is 0. The molecule has 1 saturated carbocycles. The summed E-state index contributed by atoms with van der Waals surface area (Å²) in [7, 11) is 1.84. The molecule has 88 valence electrons. The number of aromatic nitrogens is 2. The quantitative estimate of drug-likeness (QED) is 0.818. The molecule has 1 aromatic rings. The van der Waals surface area contributed by atoms with Crippen molar-refractivity contribution in [3.63, 3.8) is 0 Å². The molecule has 2 N–H and O–H groups in total. The second-order valence-electron chi connectivity index (χ2n) is 4.59. The van der Waals surface area contributed by atoms with Gasteiger partial charge in [-0.15, -0.1) is 0 Å². The van der Waals surface area contributed by atoms with Gasteiger partial charge in [-0.3, -0.25) is 0 Å². The summed E-state index contributed by atoms with van der Waals surface area (Å²) in [6.45, 7) is 4.28. The summed E-state index contributed by atoms with van der Waals surface area (Å²) in [5, 5.41) is 6.57. The molecule has 1 aliphatic carbocycles. The third kappa shape index (κ3) is 1.96. The van der Waals surface area contributed by atoms with Crippen molar-refractivity contribution in [1.82, 2.24) is 9.97 Å². The van der Waals surface area contributed by atoms with E-state index >= 15 is 0 Å². The molecule has 1 aromatic heterocycles. The Bertz CT molecular complexity index is 366. The SMILES string of the molecule is CCC1(Nc2nc(NC)ncc2C)CCC1. The molecule has 0 unspecified atom stereocenters. The van der Waals surface area contributed by atoms with E-state index < -0.39 is 0 Å². The fourth-order valence-electron chi connectivity index (χ4n) is 2.11. The number of nitrogens with zero attached hydrogens (tertiary/aromatic N) is 2. The average Bonchev–Trinajstić information content (AvgIpc) is 2.26. The Labute approximate surface area is 96.9 Å². The zero-order valence-corrected chi connectivity index (χ0v) is 10.3. The van der Waals surface area contributed by atoms with Gasteiger partial charge in [-0.05, 0) is 32.6 Å². The summed E-state index contributed by atoms with van der Waals surface area (Å²) in [5.74, 6) is 1.65. The van der Waals surface area contributed by atoms with Gasteiger partial charge in [0.05, 0.1) is 0 Å². The molecule has 1 fully saturated rings. The molecular weight excluding hydrogens is 200 g/mol. The minimum absolute atomic E-state index is 0.282. The molecule has 2 rings (SSSR count). The first-order chi connectivity index (χ1) is 7.69. The zero-order valence-electron chi connectivity index (χ0n) is 10.3. The molecule has 0 radical (unpaired) electrons. The second-order valence-corrected chi connectivity index (χ2v) is 4.59. The van der Waals surface area contributed by atoms with E-state index in [0.29, 0.717) is 5.95 Å². The lowest BCUT2D eigenvalue weighted by Crippen LogP contribution is -2.44. The molecule has 16 heavy (non-hydrogen) atoms. The van der Waals surface area contributed by atoms with Crippen LogP contribution in [0.3, 0.4) is 0 Å². The van der Waals surface area contributed by atoms with Gasteiger partial charge >= 0.3 is 0 Å². The monoisotopic (exact) mass is 220 g/mol. The number of rotatable bonds is 4. The molecule has 1 aliphatic rings. The average molecular weight is 220 g/mol. The van der Waals surface area contributed by atoms with Gasteiger partial charge in [0.15, 0.2) is 0 Å². The molecule has 4 nitrogen and oxygen atoms in total. The highest BCUT2D eigenvalue weighted by atomic mass is 15.2. The van der Waals surface area contributed by atoms with Crippen molar-refractivity contribution < 1.29 is 0 Å². The van der Waals surface area contributed by atoms with Crippen LogP contribution >= 0.6 is 0 Å². The van der Waals surface area contributed by atoms with Gasteiger partial charge in [0.1, 0.15) is 5.82 Å². The van der Waals surface area contributed by atoms with Gasteiger partial charge in [-0.2, -0.15) is 4.98 Å². The molecule has 0 bridgehead atoms. The number of nitrogens with one attached hydrogen (secondary N) is 2. The maximum absolute atomic E-state index is 4.47. The molecule has 4 heteroatoms. The van der Waals surface area contributed by atoms with E-state index in [0.717, 1.165) is 17.8 Å². The summed E-state index contributed by atoms with van der Waals surface area (Å²) >= 11 is 0. The molecule has 0 atom stereocenters. The number of hydrogen-bond acceptors (Lipinski definition) is 4. The molecule has 0 aliphatic heterocycles. The second kappa shape index (κ2) is 4.28. The largest absolute Gasteiger partial charge is 0.364 e. The third-order valence-electron chi connectivity index (χ3n) is 3.57. The molecule has 0 amide bonds. The van der Waals surface area contributed by atoms with Crippen LogP contribution in [0.2, 0.25) is 0 Å². The zero-order chi connectivity index (χ0) is 11.6. The van der Waals surface area contributed by atoms with Crippen molar-refractivity contribution in [2.45, 2.75) is 45.1 Å². The van der Waals surface area contributed by atoms with Crippen molar-refractivity contribution in [2.24, 2.45) is 0 Å². The predicted octanol–water partition coefficient (Wildman–Crippen LogP) is 2.57. The fourth-order valence-corrected chi connectivity index (χ4v) is 2.11. The minimum atomic E-state index is 0.282. The fraction of sp³-hybridized carbons (Fsp3) is 0.667. The van der Waals surface area contributed by atoms with E-state index in [2.05, 4.69) is 27.5 Å². The molecule has 0 aromatic carbocycles. The molecule has 0 saturated heterocycles. The Kier molecular flexibility index (Phi) is 2.99. The van der Waals surface area contributed by atoms with Crippen LogP contribution in [0.15, 0.2) is 6.20 Å². The van der Waals surface area contributed by atoms with Gasteiger partial charge in [0.2, 0.25) is 5.95 Å². The topological polar surface area (TPSA) is 49.8 Å². The first-order valence-corrected chi connectivity index (χ1v) is 5.99. The number of hydrogen-bond donors (Lipinski definition) is 2. The predicted molar refractivity (Wildman–Crippen MR) is 66.8 cm³/mol. The van der Waals surface area contributed by atoms with Crippen LogP contribution in [0.25, 0.3) is 0 Å². The van der Waals surface area contributed by atoms with Gasteiger partial charge < -0.3 is 10.6 Å². The van der Waals surface area contributed by atoms with Crippen LogP contribution in [0.5, 0.6) is 0 Å². The van der Waals surface area contributed by atoms with E-state index in [4.69, 9.17) is 0 Å². The van der Waals surface area contributed by atoms with Crippen molar-refractivity contribution >= 4 is 11.8 Å². The minimum Gasteiger partial charge on any atom is -0.364 e. The molecular formula is C12H20N4. The van der Waals surface area contributed by atoms with Crippen LogP contribution in [0, 0.1) is 6.92 Å². The lowest BCUT2D eigenvalue weighted by atomic mass is 9.75. The van der Waals surface area contributed by atoms with E-state index in [1.165, 1.54) is 19.3 Å². The van der Waals surface area contributed by atoms with Crippen molar-refractivity contribution in [1.29, 1.82) is 0 Å². The van der Waals surface area contributed by atoms with Crippen molar-refractivity contribution in [3.05, 3.63) is 11.8 Å². The lowest BCUT2D eigenvalue weighted by molar-refractivity contribution is 0.268. The molecule has 0 spiro atoms. The number of anilines is 2. The van der Waals surface area contributed by atoms with Crippen molar-refractivity contribution in [3.8, 4) is 0 Å². The number of aryl methyl sites for hydroxylation is 1. The Balaban J connectivity index is 2.19. The first-order valence-electron chi connectivity index (χ1n) is 5.99. The van der Waals surface area contributed by atoms with Gasteiger partial charge in [0.25, 0.3) is 0 Å². The third-order valence-corrected chi connectivity index (χ3v) is 3.57. The summed E-state index contributed by atoms with van der Waals surface area (Å²) < 4.78 is 0. The van der Waals surface area contributed by atoms with E-state index in [1.807, 2.05) is 20.2 Å². The highest BCUT2D eigenvalue weighted by molar-refractivity contribution is 5.48. The Morgan fingerprint density at radius 3 is 2.69 bits per heavy atom. The first kappa shape index (κ1) is 11.2. The van der Waals surface area contributed by atoms with Gasteiger partial charge in [-0.25, -0.2) is 4.98 Å². The van der Waals surface area contributed by atoms with Crippen LogP contribution in [-0.2, 0) is 0 Å². The maximum Gasteiger partial charge on any atom is 0.224 e. The Morgan fingerprint density at radius 2 is 2.19 bits per heavy atom. The van der Waals surface area contributed by atoms with Gasteiger partial charge in [0, 0.05) is 24.3 Å². The Morgan fingerprint density at radius 1 is 1.44 bits per heavy atom. The summed E-state index contributed by atoms with van der Waals surface area (Å²) in [6.07, 6.45) is 6.85. The van der Waals surface area contributed by atoms with Crippen LogP contribution < -0.4 is 10.6 Å². The highest BCUT2D eigenvalue weighted by Gasteiger charge is 2.35. The smallest absolute Gasteiger partial charge is 0.224 e. The normalized spacial score (nSPS) is 17.7. The van der Waals surface area contributed by atoms with Crippen molar-refractivity contribution in [2.75, 3.05) is 17.7 Å². The molecule has 1 heterocycles. The maximum atomic E-state index is 4.47. The van der Waals surface area contributed by atoms with E-state index in [1.54, 1.807) is 0 Å².